The van der Waals surface area contributed by atoms with Crippen LogP contribution in [0.15, 0.2) is 77.9 Å². The standard InChI is InChI=1S/C13H19NO.C11H8N.Ir/c1-2-3-4-7-10-14-11-12-8-5-6-9-13(12)15;1-2-6-10(7-3-1)11-8-4-5-9-12-11;/h5-6,8-9,11,15H,2-4,7,10H2,1H3;1-6,8-9H;/q;-1;. The summed E-state index contributed by atoms with van der Waals surface area (Å²) in [6, 6.07) is 24.1. The van der Waals surface area contributed by atoms with Crippen molar-refractivity contribution < 1.29 is 25.2 Å². The molecule has 0 spiro atoms. The summed E-state index contributed by atoms with van der Waals surface area (Å²) in [7, 11) is 0. The SMILES string of the molecule is CCCCCCN=Cc1ccccc1O.[Ir].[c-]1ccccc1-c1ccccn1. The molecule has 0 amide bonds. The van der Waals surface area contributed by atoms with Crippen LogP contribution in [0.2, 0.25) is 0 Å². The van der Waals surface area contributed by atoms with Crippen molar-refractivity contribution in [3.63, 3.8) is 0 Å². The number of rotatable bonds is 7. The van der Waals surface area contributed by atoms with E-state index in [-0.39, 0.29) is 20.1 Å². The van der Waals surface area contributed by atoms with Crippen LogP contribution in [0.25, 0.3) is 11.3 Å². The summed E-state index contributed by atoms with van der Waals surface area (Å²) < 4.78 is 0. The van der Waals surface area contributed by atoms with Crippen LogP contribution >= 0.6 is 0 Å². The number of hydrogen-bond donors (Lipinski definition) is 1. The molecular formula is C24H27IrN2O-. The second kappa shape index (κ2) is 14.7. The maximum atomic E-state index is 9.46. The predicted molar refractivity (Wildman–Crippen MR) is 113 cm³/mol. The molecular weight excluding hydrogens is 524 g/mol. The minimum Gasteiger partial charge on any atom is -0.507 e. The molecule has 4 heteroatoms. The Bertz CT molecular complexity index is 754. The molecule has 3 aromatic rings. The fourth-order valence-corrected chi connectivity index (χ4v) is 2.46. The Hall–Kier alpha value is -2.29. The molecule has 0 saturated heterocycles. The van der Waals surface area contributed by atoms with Crippen LogP contribution in [0.1, 0.15) is 38.2 Å². The van der Waals surface area contributed by atoms with Gasteiger partial charge in [-0.25, -0.2) is 0 Å². The van der Waals surface area contributed by atoms with Crippen molar-refractivity contribution in [3.05, 3.63) is 84.6 Å². The number of aromatic nitrogens is 1. The molecule has 0 bridgehead atoms. The number of aliphatic imine (C=N–C) groups is 1. The van der Waals surface area contributed by atoms with Crippen LogP contribution < -0.4 is 0 Å². The molecule has 0 unspecified atom stereocenters. The molecule has 0 fully saturated rings. The van der Waals surface area contributed by atoms with Crippen molar-refractivity contribution >= 4 is 6.21 Å². The van der Waals surface area contributed by atoms with Crippen LogP contribution in [0.5, 0.6) is 5.75 Å². The molecule has 2 aromatic carbocycles. The second-order valence-corrected chi connectivity index (χ2v) is 6.15. The van der Waals surface area contributed by atoms with E-state index in [1.807, 2.05) is 60.7 Å². The third-order valence-corrected chi connectivity index (χ3v) is 3.96. The smallest absolute Gasteiger partial charge is 0.124 e. The number of phenolic OH excluding ortho intramolecular Hbond substituents is 1. The van der Waals surface area contributed by atoms with Crippen LogP contribution in [0, 0.1) is 6.07 Å². The summed E-state index contributed by atoms with van der Waals surface area (Å²) >= 11 is 0. The van der Waals surface area contributed by atoms with E-state index in [1.165, 1.54) is 19.3 Å². The third kappa shape index (κ3) is 9.07. The Labute approximate surface area is 181 Å². The number of hydrogen-bond acceptors (Lipinski definition) is 3. The summed E-state index contributed by atoms with van der Waals surface area (Å²) in [5.74, 6) is 0.301. The molecule has 0 aliphatic rings. The molecule has 149 valence electrons. The van der Waals surface area contributed by atoms with Crippen molar-refractivity contribution in [1.82, 2.24) is 4.98 Å². The Morgan fingerprint density at radius 1 is 0.964 bits per heavy atom. The average molecular weight is 552 g/mol. The summed E-state index contributed by atoms with van der Waals surface area (Å²) in [6.07, 6.45) is 8.46. The molecule has 0 aliphatic carbocycles. The number of para-hydroxylation sites is 1. The molecule has 1 aromatic heterocycles. The summed E-state index contributed by atoms with van der Waals surface area (Å²) in [4.78, 5) is 8.51. The summed E-state index contributed by atoms with van der Waals surface area (Å²) in [5.41, 5.74) is 2.81. The van der Waals surface area contributed by atoms with Crippen LogP contribution in [0.3, 0.4) is 0 Å². The van der Waals surface area contributed by atoms with Crippen molar-refractivity contribution in [1.29, 1.82) is 0 Å². The van der Waals surface area contributed by atoms with E-state index in [0.29, 0.717) is 5.75 Å². The minimum absolute atomic E-state index is 0. The summed E-state index contributed by atoms with van der Waals surface area (Å²) in [5, 5.41) is 9.46. The maximum absolute atomic E-state index is 9.46. The molecule has 0 atom stereocenters. The van der Waals surface area contributed by atoms with Gasteiger partial charge in [-0.2, -0.15) is 0 Å². The van der Waals surface area contributed by atoms with Crippen LogP contribution in [-0.2, 0) is 20.1 Å². The van der Waals surface area contributed by atoms with Gasteiger partial charge < -0.3 is 10.1 Å². The average Bonchev–Trinajstić information content (AvgIpc) is 2.74. The van der Waals surface area contributed by atoms with Gasteiger partial charge in [0.1, 0.15) is 5.75 Å². The zero-order valence-corrected chi connectivity index (χ0v) is 18.6. The Morgan fingerprint density at radius 3 is 2.43 bits per heavy atom. The van der Waals surface area contributed by atoms with Crippen molar-refractivity contribution in [2.45, 2.75) is 32.6 Å². The van der Waals surface area contributed by atoms with E-state index in [9.17, 15) is 5.11 Å². The van der Waals surface area contributed by atoms with E-state index in [4.69, 9.17) is 0 Å². The first-order valence-electron chi connectivity index (χ1n) is 9.47. The van der Waals surface area contributed by atoms with E-state index in [1.54, 1.807) is 18.5 Å². The van der Waals surface area contributed by atoms with E-state index in [0.717, 1.165) is 29.8 Å². The number of unbranched alkanes of at least 4 members (excludes halogenated alkanes) is 3. The van der Waals surface area contributed by atoms with E-state index >= 15 is 0 Å². The van der Waals surface area contributed by atoms with Crippen molar-refractivity contribution in [3.8, 4) is 17.0 Å². The van der Waals surface area contributed by atoms with Crippen LogP contribution in [0.4, 0.5) is 0 Å². The van der Waals surface area contributed by atoms with Gasteiger partial charge in [0, 0.05) is 44.6 Å². The van der Waals surface area contributed by atoms with Gasteiger partial charge in [0.15, 0.2) is 0 Å². The largest absolute Gasteiger partial charge is 0.507 e. The van der Waals surface area contributed by atoms with Gasteiger partial charge in [0.05, 0.1) is 0 Å². The molecule has 0 aliphatic heterocycles. The van der Waals surface area contributed by atoms with Gasteiger partial charge >= 0.3 is 0 Å². The Morgan fingerprint density at radius 2 is 1.75 bits per heavy atom. The molecule has 0 saturated carbocycles. The van der Waals surface area contributed by atoms with Gasteiger partial charge in [-0.1, -0.05) is 50.5 Å². The third-order valence-electron chi connectivity index (χ3n) is 3.96. The molecule has 3 nitrogen and oxygen atoms in total. The van der Waals surface area contributed by atoms with Gasteiger partial charge in [-0.3, -0.25) is 4.99 Å². The van der Waals surface area contributed by atoms with Gasteiger partial charge in [0.25, 0.3) is 0 Å². The second-order valence-electron chi connectivity index (χ2n) is 6.15. The zero-order valence-electron chi connectivity index (χ0n) is 16.2. The minimum atomic E-state index is 0. The fourth-order valence-electron chi connectivity index (χ4n) is 2.46. The van der Waals surface area contributed by atoms with E-state index < -0.39 is 0 Å². The molecule has 28 heavy (non-hydrogen) atoms. The summed E-state index contributed by atoms with van der Waals surface area (Å²) in [6.45, 7) is 3.06. The van der Waals surface area contributed by atoms with Crippen LogP contribution in [-0.4, -0.2) is 22.8 Å². The monoisotopic (exact) mass is 552 g/mol. The molecule has 1 N–H and O–H groups in total. The van der Waals surface area contributed by atoms with Crippen molar-refractivity contribution in [2.75, 3.05) is 6.54 Å². The van der Waals surface area contributed by atoms with Gasteiger partial charge in [-0.05, 0) is 30.3 Å². The first-order valence-corrected chi connectivity index (χ1v) is 9.47. The normalized spacial score (nSPS) is 10.0. The number of pyridine rings is 1. The van der Waals surface area contributed by atoms with E-state index in [2.05, 4.69) is 23.0 Å². The molecule has 3 rings (SSSR count). The van der Waals surface area contributed by atoms with Crippen molar-refractivity contribution in [2.24, 2.45) is 4.99 Å². The maximum Gasteiger partial charge on any atom is 0.124 e. The van der Waals surface area contributed by atoms with Gasteiger partial charge in [0.2, 0.25) is 0 Å². The number of nitrogens with zero attached hydrogens (tertiary/aromatic N) is 2. The topological polar surface area (TPSA) is 45.5 Å². The number of aromatic hydroxyl groups is 1. The number of phenols is 1. The van der Waals surface area contributed by atoms with Gasteiger partial charge in [-0.15, -0.1) is 35.9 Å². The molecule has 1 radical (unpaired) electrons. The number of benzene rings is 2. The first-order chi connectivity index (χ1) is 13.3. The first kappa shape index (κ1) is 23.7. The predicted octanol–water partition coefficient (Wildman–Crippen LogP) is 5.94. The fraction of sp³-hybridized carbons (Fsp3) is 0.250. The Balaban J connectivity index is 0.000000275. The quantitative estimate of drug-likeness (QED) is 0.225. The Kier molecular flexibility index (Phi) is 12.5. The molecule has 1 heterocycles. The zero-order chi connectivity index (χ0) is 19.2.